The maximum absolute atomic E-state index is 14.0. The summed E-state index contributed by atoms with van der Waals surface area (Å²) in [4.78, 5) is 15.7. The van der Waals surface area contributed by atoms with Crippen LogP contribution in [0.3, 0.4) is 0 Å². The van der Waals surface area contributed by atoms with E-state index in [1.54, 1.807) is 30.5 Å². The molecule has 0 bridgehead atoms. The third-order valence-electron chi connectivity index (χ3n) is 5.23. The number of ether oxygens (including phenoxy) is 1. The third kappa shape index (κ3) is 4.51. The quantitative estimate of drug-likeness (QED) is 0.433. The zero-order chi connectivity index (χ0) is 22.0. The van der Waals surface area contributed by atoms with Gasteiger partial charge in [-0.1, -0.05) is 24.3 Å². The van der Waals surface area contributed by atoms with E-state index < -0.39 is 11.8 Å². The molecule has 0 aliphatic heterocycles. The molecule has 0 fully saturated rings. The van der Waals surface area contributed by atoms with Gasteiger partial charge in [-0.05, 0) is 76.2 Å². The van der Waals surface area contributed by atoms with Crippen molar-refractivity contribution in [2.75, 3.05) is 0 Å². The van der Waals surface area contributed by atoms with Gasteiger partial charge in [0.15, 0.2) is 0 Å². The number of carboxylic acids is 1. The molecule has 4 nitrogen and oxygen atoms in total. The number of carboxylic acid groups (broad SMARTS) is 1. The molecule has 1 aliphatic rings. The summed E-state index contributed by atoms with van der Waals surface area (Å²) in [5.41, 5.74) is 3.35. The van der Waals surface area contributed by atoms with Crippen molar-refractivity contribution in [2.24, 2.45) is 0 Å². The summed E-state index contributed by atoms with van der Waals surface area (Å²) in [6.45, 7) is 0.0244. The molecule has 158 valence electrons. The zero-order valence-corrected chi connectivity index (χ0v) is 18.0. The normalized spacial score (nSPS) is 13.5. The Hall–Kier alpha value is -3.06. The molecular formula is C24H18BrF2NO3. The van der Waals surface area contributed by atoms with Crippen molar-refractivity contribution in [3.63, 3.8) is 0 Å². The number of rotatable bonds is 6. The number of carbonyl (C=O) groups is 1. The van der Waals surface area contributed by atoms with Crippen molar-refractivity contribution in [3.05, 3.63) is 93.1 Å². The van der Waals surface area contributed by atoms with Crippen LogP contribution in [0, 0.1) is 11.6 Å². The number of hydrogen-bond donors (Lipinski definition) is 1. The highest BCUT2D eigenvalue weighted by atomic mass is 79.9. The molecule has 0 atom stereocenters. The maximum atomic E-state index is 14.0. The van der Waals surface area contributed by atoms with Gasteiger partial charge in [0.25, 0.3) is 0 Å². The standard InChI is InChI=1S/C24H18BrF2NO3/c25-16-11-19(23(28-12-16)31-13-15-4-1-2-7-21(15)26)18-6-3-5-17(18)14-8-9-22(27)20(10-14)24(29)30/h1-2,4,7-12H,3,5-6,13H2,(H,29,30). The van der Waals surface area contributed by atoms with Gasteiger partial charge in [0.2, 0.25) is 5.88 Å². The first kappa shape index (κ1) is 21.2. The van der Waals surface area contributed by atoms with Crippen LogP contribution in [0.15, 0.2) is 59.2 Å². The van der Waals surface area contributed by atoms with Crippen molar-refractivity contribution >= 4 is 33.0 Å². The lowest BCUT2D eigenvalue weighted by Gasteiger charge is -2.14. The van der Waals surface area contributed by atoms with Gasteiger partial charge < -0.3 is 9.84 Å². The highest BCUT2D eigenvalue weighted by Crippen LogP contribution is 2.43. The fourth-order valence-corrected chi connectivity index (χ4v) is 4.09. The lowest BCUT2D eigenvalue weighted by molar-refractivity contribution is 0.0692. The van der Waals surface area contributed by atoms with Gasteiger partial charge in [0.1, 0.15) is 18.2 Å². The highest BCUT2D eigenvalue weighted by molar-refractivity contribution is 9.10. The van der Waals surface area contributed by atoms with E-state index in [0.29, 0.717) is 17.0 Å². The molecule has 1 aliphatic carbocycles. The molecule has 1 N–H and O–H groups in total. The number of hydrogen-bond acceptors (Lipinski definition) is 3. The van der Waals surface area contributed by atoms with Gasteiger partial charge >= 0.3 is 5.97 Å². The summed E-state index contributed by atoms with van der Waals surface area (Å²) < 4.78 is 34.5. The topological polar surface area (TPSA) is 59.4 Å². The first-order valence-electron chi connectivity index (χ1n) is 9.71. The predicted octanol–water partition coefficient (Wildman–Crippen LogP) is 6.49. The number of aromatic nitrogens is 1. The predicted molar refractivity (Wildman–Crippen MR) is 117 cm³/mol. The zero-order valence-electron chi connectivity index (χ0n) is 16.4. The molecule has 4 rings (SSSR count). The Balaban J connectivity index is 1.74. The van der Waals surface area contributed by atoms with Crippen LogP contribution < -0.4 is 4.74 Å². The maximum Gasteiger partial charge on any atom is 0.338 e. The van der Waals surface area contributed by atoms with Gasteiger partial charge in [-0.2, -0.15) is 0 Å². The van der Waals surface area contributed by atoms with E-state index in [1.165, 1.54) is 18.2 Å². The summed E-state index contributed by atoms with van der Waals surface area (Å²) >= 11 is 3.44. The minimum absolute atomic E-state index is 0.0244. The second-order valence-electron chi connectivity index (χ2n) is 7.20. The van der Waals surface area contributed by atoms with E-state index >= 15 is 0 Å². The van der Waals surface area contributed by atoms with E-state index in [0.717, 1.165) is 40.4 Å². The Labute approximate surface area is 186 Å². The molecule has 1 heterocycles. The number of halogens is 3. The largest absolute Gasteiger partial charge is 0.478 e. The van der Waals surface area contributed by atoms with Crippen molar-refractivity contribution in [2.45, 2.75) is 25.9 Å². The van der Waals surface area contributed by atoms with E-state index in [2.05, 4.69) is 20.9 Å². The summed E-state index contributed by atoms with van der Waals surface area (Å²) in [7, 11) is 0. The first-order chi connectivity index (χ1) is 14.9. The molecule has 1 aromatic heterocycles. The Morgan fingerprint density at radius 2 is 1.84 bits per heavy atom. The van der Waals surface area contributed by atoms with Crippen LogP contribution in [0.5, 0.6) is 5.88 Å². The number of aromatic carboxylic acids is 1. The minimum atomic E-state index is -1.31. The Morgan fingerprint density at radius 1 is 1.06 bits per heavy atom. The molecule has 0 amide bonds. The number of nitrogens with zero attached hydrogens (tertiary/aromatic N) is 1. The molecular weight excluding hydrogens is 468 g/mol. The summed E-state index contributed by atoms with van der Waals surface area (Å²) in [5, 5.41) is 9.27. The van der Waals surface area contributed by atoms with Crippen LogP contribution in [-0.4, -0.2) is 16.1 Å². The smallest absolute Gasteiger partial charge is 0.338 e. The van der Waals surface area contributed by atoms with Gasteiger partial charge in [0, 0.05) is 21.8 Å². The van der Waals surface area contributed by atoms with Crippen LogP contribution in [0.25, 0.3) is 11.1 Å². The number of pyridine rings is 1. The summed E-state index contributed by atoms with van der Waals surface area (Å²) in [6, 6.07) is 12.4. The second kappa shape index (κ2) is 8.98. The van der Waals surface area contributed by atoms with Crippen LogP contribution in [0.1, 0.15) is 46.3 Å². The monoisotopic (exact) mass is 485 g/mol. The average molecular weight is 486 g/mol. The lowest BCUT2D eigenvalue weighted by atomic mass is 9.96. The molecule has 2 aromatic carbocycles. The molecule has 0 radical (unpaired) electrons. The fourth-order valence-electron chi connectivity index (χ4n) is 3.76. The van der Waals surface area contributed by atoms with Crippen LogP contribution in [-0.2, 0) is 6.61 Å². The lowest BCUT2D eigenvalue weighted by Crippen LogP contribution is -2.03. The first-order valence-corrected chi connectivity index (χ1v) is 10.5. The van der Waals surface area contributed by atoms with Gasteiger partial charge in [-0.3, -0.25) is 0 Å². The van der Waals surface area contributed by atoms with Crippen LogP contribution >= 0.6 is 15.9 Å². The van der Waals surface area contributed by atoms with Gasteiger partial charge in [0.05, 0.1) is 5.56 Å². The molecule has 3 aromatic rings. The molecule has 31 heavy (non-hydrogen) atoms. The molecule has 0 unspecified atom stereocenters. The van der Waals surface area contributed by atoms with E-state index in [9.17, 15) is 18.7 Å². The van der Waals surface area contributed by atoms with Crippen molar-refractivity contribution in [1.82, 2.24) is 4.98 Å². The van der Waals surface area contributed by atoms with Crippen molar-refractivity contribution < 1.29 is 23.4 Å². The number of benzene rings is 2. The molecule has 0 saturated heterocycles. The Kier molecular flexibility index (Phi) is 6.13. The molecule has 0 spiro atoms. The number of allylic oxidation sites excluding steroid dienone is 2. The average Bonchev–Trinajstić information content (AvgIpc) is 3.23. The summed E-state index contributed by atoms with van der Waals surface area (Å²) in [5.74, 6) is -2.07. The van der Waals surface area contributed by atoms with Gasteiger partial charge in [-0.25, -0.2) is 18.6 Å². The fraction of sp³-hybridized carbons (Fsp3) is 0.167. The second-order valence-corrected chi connectivity index (χ2v) is 8.11. The molecule has 7 heteroatoms. The van der Waals surface area contributed by atoms with E-state index in [1.807, 2.05) is 6.07 Å². The summed E-state index contributed by atoms with van der Waals surface area (Å²) in [6.07, 6.45) is 3.93. The molecule has 0 saturated carbocycles. The van der Waals surface area contributed by atoms with Crippen LogP contribution in [0.4, 0.5) is 8.78 Å². The van der Waals surface area contributed by atoms with Crippen molar-refractivity contribution in [3.8, 4) is 5.88 Å². The SMILES string of the molecule is O=C(O)c1cc(C2=C(c3cc(Br)cnc3OCc3ccccc3F)CCC2)ccc1F. The minimum Gasteiger partial charge on any atom is -0.478 e. The third-order valence-corrected chi connectivity index (χ3v) is 5.66. The highest BCUT2D eigenvalue weighted by Gasteiger charge is 2.23. The Morgan fingerprint density at radius 3 is 2.61 bits per heavy atom. The van der Waals surface area contributed by atoms with E-state index in [-0.39, 0.29) is 18.0 Å². The Bertz CT molecular complexity index is 1190. The van der Waals surface area contributed by atoms with E-state index in [4.69, 9.17) is 4.74 Å². The van der Waals surface area contributed by atoms with Crippen molar-refractivity contribution in [1.29, 1.82) is 0 Å². The van der Waals surface area contributed by atoms with Gasteiger partial charge in [-0.15, -0.1) is 0 Å². The van der Waals surface area contributed by atoms with Crippen LogP contribution in [0.2, 0.25) is 0 Å².